The maximum atomic E-state index is 8.62. The van der Waals surface area contributed by atoms with Gasteiger partial charge in [0.1, 0.15) is 6.07 Å². The van der Waals surface area contributed by atoms with Gasteiger partial charge in [0.05, 0.1) is 10.6 Å². The molecule has 0 spiro atoms. The van der Waals surface area contributed by atoms with E-state index in [1.807, 2.05) is 6.07 Å². The van der Waals surface area contributed by atoms with Gasteiger partial charge in [-0.3, -0.25) is 0 Å². The molecule has 62 valence electrons. The highest BCUT2D eigenvalue weighted by molar-refractivity contribution is 9.10. The molecule has 0 saturated carbocycles. The van der Waals surface area contributed by atoms with Crippen molar-refractivity contribution in [2.45, 2.75) is 6.54 Å². The minimum atomic E-state index is 0.409. The van der Waals surface area contributed by atoms with Crippen molar-refractivity contribution in [3.05, 3.63) is 32.8 Å². The summed E-state index contributed by atoms with van der Waals surface area (Å²) < 4.78 is 0.714. The predicted octanol–water partition coefficient (Wildman–Crippen LogP) is 2.43. The van der Waals surface area contributed by atoms with E-state index in [-0.39, 0.29) is 0 Å². The average Bonchev–Trinajstić information content (AvgIpc) is 2.10. The van der Waals surface area contributed by atoms with Gasteiger partial charge in [0.15, 0.2) is 0 Å². The Morgan fingerprint density at radius 3 is 2.75 bits per heavy atom. The van der Waals surface area contributed by atoms with Gasteiger partial charge < -0.3 is 5.73 Å². The molecule has 0 radical (unpaired) electrons. The van der Waals surface area contributed by atoms with Gasteiger partial charge in [-0.1, -0.05) is 17.7 Å². The van der Waals surface area contributed by atoms with Crippen LogP contribution in [0, 0.1) is 11.3 Å². The summed E-state index contributed by atoms with van der Waals surface area (Å²) in [5.41, 5.74) is 6.80. The lowest BCUT2D eigenvalue weighted by Gasteiger charge is -2.03. The first kappa shape index (κ1) is 9.53. The van der Waals surface area contributed by atoms with Crippen molar-refractivity contribution in [1.82, 2.24) is 0 Å². The second kappa shape index (κ2) is 3.90. The third kappa shape index (κ3) is 1.61. The first-order valence-corrected chi connectivity index (χ1v) is 4.45. The van der Waals surface area contributed by atoms with E-state index < -0.39 is 0 Å². The van der Waals surface area contributed by atoms with Crippen LogP contribution in [0.25, 0.3) is 0 Å². The summed E-state index contributed by atoms with van der Waals surface area (Å²) in [4.78, 5) is 0. The van der Waals surface area contributed by atoms with E-state index in [1.165, 1.54) is 0 Å². The lowest BCUT2D eigenvalue weighted by molar-refractivity contribution is 1.06. The molecule has 0 fully saturated rings. The van der Waals surface area contributed by atoms with Crippen molar-refractivity contribution < 1.29 is 0 Å². The van der Waals surface area contributed by atoms with Crippen molar-refractivity contribution in [2.75, 3.05) is 0 Å². The molecule has 2 nitrogen and oxygen atoms in total. The van der Waals surface area contributed by atoms with Crippen molar-refractivity contribution in [3.8, 4) is 6.07 Å². The van der Waals surface area contributed by atoms with E-state index in [4.69, 9.17) is 22.6 Å². The molecule has 1 aromatic carbocycles. The summed E-state index contributed by atoms with van der Waals surface area (Å²) in [5, 5.41) is 9.05. The minimum absolute atomic E-state index is 0.409. The lowest BCUT2D eigenvalue weighted by atomic mass is 10.1. The van der Waals surface area contributed by atoms with Gasteiger partial charge in [-0.05, 0) is 27.6 Å². The molecule has 0 aliphatic heterocycles. The van der Waals surface area contributed by atoms with Crippen LogP contribution in [0.15, 0.2) is 16.6 Å². The summed E-state index contributed by atoms with van der Waals surface area (Å²) in [6, 6.07) is 5.43. The van der Waals surface area contributed by atoms with Gasteiger partial charge in [-0.25, -0.2) is 0 Å². The van der Waals surface area contributed by atoms with E-state index in [0.29, 0.717) is 21.6 Å². The van der Waals surface area contributed by atoms with Crippen LogP contribution in [-0.4, -0.2) is 0 Å². The molecule has 0 aromatic heterocycles. The van der Waals surface area contributed by atoms with Crippen LogP contribution in [0.5, 0.6) is 0 Å². The van der Waals surface area contributed by atoms with Crippen molar-refractivity contribution in [1.29, 1.82) is 5.26 Å². The molecule has 2 N–H and O–H groups in total. The largest absolute Gasteiger partial charge is 0.326 e. The van der Waals surface area contributed by atoms with Crippen molar-refractivity contribution >= 4 is 27.5 Å². The van der Waals surface area contributed by atoms with Crippen LogP contribution in [-0.2, 0) is 6.54 Å². The average molecular weight is 246 g/mol. The van der Waals surface area contributed by atoms with E-state index in [9.17, 15) is 0 Å². The SMILES string of the molecule is N#Cc1ccc(CN)c(Br)c1Cl. The Kier molecular flexibility index (Phi) is 3.10. The molecule has 0 heterocycles. The Labute approximate surface area is 84.1 Å². The summed E-state index contributed by atoms with van der Waals surface area (Å²) >= 11 is 9.12. The molecule has 1 aromatic rings. The van der Waals surface area contributed by atoms with Crippen molar-refractivity contribution in [2.24, 2.45) is 5.73 Å². The molecular weight excluding hydrogens is 239 g/mol. The van der Waals surface area contributed by atoms with Crippen LogP contribution in [0.3, 0.4) is 0 Å². The molecule has 0 aliphatic carbocycles. The highest BCUT2D eigenvalue weighted by atomic mass is 79.9. The fourth-order valence-electron chi connectivity index (χ4n) is 0.833. The Morgan fingerprint density at radius 2 is 2.25 bits per heavy atom. The van der Waals surface area contributed by atoms with Gasteiger partial charge in [0.2, 0.25) is 0 Å². The number of nitriles is 1. The van der Waals surface area contributed by atoms with E-state index >= 15 is 0 Å². The zero-order valence-electron chi connectivity index (χ0n) is 6.14. The summed E-state index contributed by atoms with van der Waals surface area (Å²) in [6.45, 7) is 0.409. The third-order valence-electron chi connectivity index (χ3n) is 1.50. The molecule has 0 atom stereocenters. The Morgan fingerprint density at radius 1 is 1.58 bits per heavy atom. The van der Waals surface area contributed by atoms with Crippen LogP contribution in [0.4, 0.5) is 0 Å². The van der Waals surface area contributed by atoms with E-state index in [2.05, 4.69) is 15.9 Å². The molecule has 4 heteroatoms. The van der Waals surface area contributed by atoms with E-state index in [0.717, 1.165) is 5.56 Å². The standard InChI is InChI=1S/C8H6BrClN2/c9-7-5(3-11)1-2-6(4-12)8(7)10/h1-2H,3,11H2. The highest BCUT2D eigenvalue weighted by Gasteiger charge is 2.07. The number of nitrogens with two attached hydrogens (primary N) is 1. The molecule has 0 saturated heterocycles. The molecular formula is C8H6BrClN2. The fraction of sp³-hybridized carbons (Fsp3) is 0.125. The molecule has 1 rings (SSSR count). The number of hydrogen-bond acceptors (Lipinski definition) is 2. The third-order valence-corrected chi connectivity index (χ3v) is 3.03. The quantitative estimate of drug-likeness (QED) is 0.826. The smallest absolute Gasteiger partial charge is 0.101 e. The number of benzene rings is 1. The topological polar surface area (TPSA) is 49.8 Å². The van der Waals surface area contributed by atoms with Gasteiger partial charge in [-0.15, -0.1) is 0 Å². The maximum absolute atomic E-state index is 8.62. The van der Waals surface area contributed by atoms with Crippen LogP contribution >= 0.6 is 27.5 Å². The van der Waals surface area contributed by atoms with Gasteiger partial charge >= 0.3 is 0 Å². The second-order valence-electron chi connectivity index (χ2n) is 2.22. The zero-order valence-corrected chi connectivity index (χ0v) is 8.48. The molecule has 0 bridgehead atoms. The Balaban J connectivity index is 3.32. The molecule has 12 heavy (non-hydrogen) atoms. The van der Waals surface area contributed by atoms with Gasteiger partial charge in [0.25, 0.3) is 0 Å². The predicted molar refractivity (Wildman–Crippen MR) is 51.8 cm³/mol. The monoisotopic (exact) mass is 244 g/mol. The number of hydrogen-bond donors (Lipinski definition) is 1. The number of rotatable bonds is 1. The number of nitrogens with zero attached hydrogens (tertiary/aromatic N) is 1. The summed E-state index contributed by atoms with van der Waals surface area (Å²) in [6.07, 6.45) is 0. The van der Waals surface area contributed by atoms with Crippen molar-refractivity contribution in [3.63, 3.8) is 0 Å². The lowest BCUT2D eigenvalue weighted by Crippen LogP contribution is -1.98. The first-order valence-electron chi connectivity index (χ1n) is 3.27. The summed E-state index contributed by atoms with van der Waals surface area (Å²) in [5.74, 6) is 0. The normalized spacial score (nSPS) is 9.50. The molecule has 0 amide bonds. The Hall–Kier alpha value is -0.560. The summed E-state index contributed by atoms with van der Waals surface area (Å²) in [7, 11) is 0. The molecule has 0 aliphatic rings. The first-order chi connectivity index (χ1) is 5.70. The highest BCUT2D eigenvalue weighted by Crippen LogP contribution is 2.29. The number of halogens is 2. The molecule has 0 unspecified atom stereocenters. The van der Waals surface area contributed by atoms with Crippen LogP contribution in [0.2, 0.25) is 5.02 Å². The van der Waals surface area contributed by atoms with Crippen LogP contribution in [0.1, 0.15) is 11.1 Å². The Bertz CT molecular complexity index is 344. The van der Waals surface area contributed by atoms with E-state index in [1.54, 1.807) is 12.1 Å². The van der Waals surface area contributed by atoms with Gasteiger partial charge in [-0.2, -0.15) is 5.26 Å². The second-order valence-corrected chi connectivity index (χ2v) is 3.39. The zero-order chi connectivity index (χ0) is 9.14. The van der Waals surface area contributed by atoms with Crippen LogP contribution < -0.4 is 5.73 Å². The van der Waals surface area contributed by atoms with Gasteiger partial charge in [0, 0.05) is 11.0 Å². The maximum Gasteiger partial charge on any atom is 0.101 e. The fourth-order valence-corrected chi connectivity index (χ4v) is 1.57. The minimum Gasteiger partial charge on any atom is -0.326 e.